The fourth-order valence-corrected chi connectivity index (χ4v) is 4.02. The molecule has 30 heavy (non-hydrogen) atoms. The van der Waals surface area contributed by atoms with Crippen molar-refractivity contribution < 1.29 is 23.5 Å². The number of benzene rings is 1. The molecular weight excluding hydrogens is 398 g/mol. The molecule has 1 aromatic rings. The summed E-state index contributed by atoms with van der Waals surface area (Å²) in [4.78, 5) is 27.1. The molecule has 7 heteroatoms. The number of nitrogens with zero attached hydrogens (tertiary/aromatic N) is 1. The second-order valence-electron chi connectivity index (χ2n) is 10.4. The van der Waals surface area contributed by atoms with Gasteiger partial charge in [-0.15, -0.1) is 0 Å². The van der Waals surface area contributed by atoms with Gasteiger partial charge in [0.15, 0.2) is 8.32 Å². The fraction of sp³-hybridized carbons (Fsp3) is 0.652. The number of rotatable bonds is 5. The highest BCUT2D eigenvalue weighted by Crippen LogP contribution is 2.37. The molecule has 1 aliphatic heterocycles. The van der Waals surface area contributed by atoms with E-state index < -0.39 is 26.1 Å². The quantitative estimate of drug-likeness (QED) is 0.467. The van der Waals surface area contributed by atoms with Gasteiger partial charge in [-0.1, -0.05) is 39.0 Å². The molecule has 168 valence electrons. The van der Waals surface area contributed by atoms with Gasteiger partial charge < -0.3 is 13.9 Å². The van der Waals surface area contributed by atoms with E-state index in [2.05, 4.69) is 33.9 Å². The molecule has 0 aliphatic carbocycles. The van der Waals surface area contributed by atoms with Crippen LogP contribution < -0.4 is 0 Å². The molecule has 0 radical (unpaired) electrons. The van der Waals surface area contributed by atoms with Crippen LogP contribution in [0.1, 0.15) is 58.3 Å². The lowest BCUT2D eigenvalue weighted by molar-refractivity contribution is -0.00487. The average molecular weight is 436 g/mol. The van der Waals surface area contributed by atoms with Gasteiger partial charge in [-0.05, 0) is 51.0 Å². The molecule has 0 saturated carbocycles. The summed E-state index contributed by atoms with van der Waals surface area (Å²) in [6.45, 7) is 17.2. The summed E-state index contributed by atoms with van der Waals surface area (Å²) in [5.74, 6) is -0.385. The number of hydrogen-bond donors (Lipinski definition) is 0. The van der Waals surface area contributed by atoms with Crippen molar-refractivity contribution in [3.8, 4) is 0 Å². The Balaban J connectivity index is 2.18. The van der Waals surface area contributed by atoms with Crippen LogP contribution >= 0.6 is 0 Å². The molecule has 1 amide bonds. The summed E-state index contributed by atoms with van der Waals surface area (Å²) < 4.78 is 17.8. The van der Waals surface area contributed by atoms with Crippen LogP contribution in [0.5, 0.6) is 0 Å². The third-order valence-electron chi connectivity index (χ3n) is 5.80. The minimum absolute atomic E-state index is 0.0402. The molecule has 2 atom stereocenters. The summed E-state index contributed by atoms with van der Waals surface area (Å²) in [5, 5.41) is 0.0402. The van der Waals surface area contributed by atoms with Crippen molar-refractivity contribution >= 4 is 20.4 Å². The smallest absolute Gasteiger partial charge is 0.410 e. The lowest BCUT2D eigenvalue weighted by Crippen LogP contribution is -2.50. The first kappa shape index (κ1) is 24.4. The van der Waals surface area contributed by atoms with Gasteiger partial charge in [0, 0.05) is 13.0 Å². The zero-order valence-corrected chi connectivity index (χ0v) is 20.7. The van der Waals surface area contributed by atoms with Crippen LogP contribution in [-0.4, -0.2) is 56.2 Å². The second-order valence-corrected chi connectivity index (χ2v) is 15.2. The number of esters is 1. The van der Waals surface area contributed by atoms with Gasteiger partial charge in [0.2, 0.25) is 0 Å². The highest BCUT2D eigenvalue weighted by atomic mass is 28.4. The Labute approximate surface area is 182 Å². The van der Waals surface area contributed by atoms with Crippen LogP contribution in [0.4, 0.5) is 4.79 Å². The van der Waals surface area contributed by atoms with E-state index in [0.717, 1.165) is 0 Å². The normalized spacial score (nSPS) is 20.2. The van der Waals surface area contributed by atoms with Crippen LogP contribution in [0, 0.1) is 0 Å². The van der Waals surface area contributed by atoms with Crippen molar-refractivity contribution in [2.24, 2.45) is 0 Å². The Morgan fingerprint density at radius 2 is 1.67 bits per heavy atom. The van der Waals surface area contributed by atoms with Gasteiger partial charge in [-0.2, -0.15) is 0 Å². The summed E-state index contributed by atoms with van der Waals surface area (Å²) in [6, 6.07) is 8.54. The number of likely N-dealkylation sites (tertiary alicyclic amines) is 1. The second kappa shape index (κ2) is 9.10. The van der Waals surface area contributed by atoms with E-state index in [4.69, 9.17) is 13.9 Å². The molecule has 1 fully saturated rings. The minimum atomic E-state index is -2.04. The maximum Gasteiger partial charge on any atom is 0.410 e. The molecule has 0 N–H and O–H groups in total. The van der Waals surface area contributed by atoms with Crippen molar-refractivity contribution in [1.82, 2.24) is 4.90 Å². The van der Waals surface area contributed by atoms with Crippen molar-refractivity contribution in [2.45, 2.75) is 83.8 Å². The van der Waals surface area contributed by atoms with E-state index in [1.54, 1.807) is 29.2 Å². The Kier molecular flexibility index (Phi) is 7.40. The van der Waals surface area contributed by atoms with E-state index in [1.807, 2.05) is 26.8 Å². The first-order chi connectivity index (χ1) is 13.7. The van der Waals surface area contributed by atoms with Crippen molar-refractivity contribution in [3.05, 3.63) is 35.9 Å². The number of carbonyl (C=O) groups excluding carboxylic acids is 2. The van der Waals surface area contributed by atoms with Crippen LogP contribution in [0.25, 0.3) is 0 Å². The zero-order chi connectivity index (χ0) is 22.7. The molecule has 0 spiro atoms. The highest BCUT2D eigenvalue weighted by Gasteiger charge is 2.44. The lowest BCUT2D eigenvalue weighted by Gasteiger charge is -2.38. The zero-order valence-electron chi connectivity index (χ0n) is 19.7. The van der Waals surface area contributed by atoms with Crippen LogP contribution in [-0.2, 0) is 13.9 Å². The van der Waals surface area contributed by atoms with E-state index in [9.17, 15) is 9.59 Å². The maximum absolute atomic E-state index is 12.8. The van der Waals surface area contributed by atoms with Crippen LogP contribution in [0.3, 0.4) is 0 Å². The Morgan fingerprint density at radius 3 is 2.20 bits per heavy atom. The fourth-order valence-electron chi connectivity index (χ4n) is 3.00. The molecular formula is C23H37NO5Si. The van der Waals surface area contributed by atoms with Gasteiger partial charge in [-0.25, -0.2) is 9.59 Å². The summed E-state index contributed by atoms with van der Waals surface area (Å²) >= 11 is 0. The molecule has 1 aromatic carbocycles. The predicted molar refractivity (Wildman–Crippen MR) is 120 cm³/mol. The van der Waals surface area contributed by atoms with Gasteiger partial charge in [0.05, 0.1) is 18.2 Å². The topological polar surface area (TPSA) is 65.1 Å². The number of amides is 1. The third kappa shape index (κ3) is 6.32. The summed E-state index contributed by atoms with van der Waals surface area (Å²) in [5.41, 5.74) is -0.0990. The summed E-state index contributed by atoms with van der Waals surface area (Å²) in [6.07, 6.45) is -0.275. The molecule has 1 saturated heterocycles. The number of carbonyl (C=O) groups is 2. The van der Waals surface area contributed by atoms with Gasteiger partial charge in [0.1, 0.15) is 11.7 Å². The Hall–Kier alpha value is -1.86. The molecule has 0 aromatic heterocycles. The number of hydrogen-bond acceptors (Lipinski definition) is 5. The first-order valence-electron chi connectivity index (χ1n) is 10.6. The van der Waals surface area contributed by atoms with Crippen LogP contribution in [0.15, 0.2) is 30.3 Å². The lowest BCUT2D eigenvalue weighted by atomic mass is 10.1. The Bertz CT molecular complexity index is 736. The largest absolute Gasteiger partial charge is 0.456 e. The maximum atomic E-state index is 12.8. The first-order valence-corrected chi connectivity index (χ1v) is 13.5. The number of ether oxygens (including phenoxy) is 2. The molecule has 1 aliphatic rings. The Morgan fingerprint density at radius 1 is 1.07 bits per heavy atom. The van der Waals surface area contributed by atoms with E-state index >= 15 is 0 Å². The van der Waals surface area contributed by atoms with Gasteiger partial charge in [-0.3, -0.25) is 4.90 Å². The van der Waals surface area contributed by atoms with E-state index in [0.29, 0.717) is 25.1 Å². The van der Waals surface area contributed by atoms with Gasteiger partial charge >= 0.3 is 12.1 Å². The van der Waals surface area contributed by atoms with Crippen molar-refractivity contribution in [3.63, 3.8) is 0 Å². The van der Waals surface area contributed by atoms with E-state index in [-0.39, 0.29) is 17.0 Å². The highest BCUT2D eigenvalue weighted by molar-refractivity contribution is 6.74. The SMILES string of the molecule is CC(C)(C)OC(=O)N1CC[C@H](OC(=O)c2ccccc2)[C@H]1CO[Si](C)(C)C(C)(C)C. The standard InChI is InChI=1S/C23H37NO5Si/c1-22(2,3)29-21(26)24-15-14-19(28-20(25)17-12-10-9-11-13-17)18(24)16-27-30(7,8)23(4,5)6/h9-13,18-19H,14-16H2,1-8H3/t18-,19+/m1/s1. The van der Waals surface area contributed by atoms with Crippen LogP contribution in [0.2, 0.25) is 18.1 Å². The third-order valence-corrected chi connectivity index (χ3v) is 10.3. The predicted octanol–water partition coefficient (Wildman–Crippen LogP) is 5.24. The van der Waals surface area contributed by atoms with Crippen molar-refractivity contribution in [1.29, 1.82) is 0 Å². The van der Waals surface area contributed by atoms with Gasteiger partial charge in [0.25, 0.3) is 0 Å². The average Bonchev–Trinajstić information content (AvgIpc) is 3.01. The minimum Gasteiger partial charge on any atom is -0.456 e. The molecule has 6 nitrogen and oxygen atoms in total. The van der Waals surface area contributed by atoms with Crippen molar-refractivity contribution in [2.75, 3.05) is 13.2 Å². The molecule has 0 bridgehead atoms. The molecule has 1 heterocycles. The van der Waals surface area contributed by atoms with E-state index in [1.165, 1.54) is 0 Å². The monoisotopic (exact) mass is 435 g/mol. The molecule has 2 rings (SSSR count). The molecule has 0 unspecified atom stereocenters. The summed E-state index contributed by atoms with van der Waals surface area (Å²) in [7, 11) is -2.04.